The number of rotatable bonds is 0. The number of nitrogens with zero attached hydrogens (tertiary/aromatic N) is 1. The molecular weight excluding hydrogens is 110 g/mol. The van der Waals surface area contributed by atoms with Gasteiger partial charge in [-0.2, -0.15) is 5.53 Å². The van der Waals surface area contributed by atoms with E-state index in [2.05, 4.69) is 5.43 Å². The quantitative estimate of drug-likeness (QED) is 0.417. The molecule has 0 fully saturated rings. The molecule has 1 rings (SSSR count). The predicted octanol–water partition coefficient (Wildman–Crippen LogP) is -1.15. The summed E-state index contributed by atoms with van der Waals surface area (Å²) in [6.07, 6.45) is 2.21. The lowest BCUT2D eigenvalue weighted by molar-refractivity contribution is -0.119. The van der Waals surface area contributed by atoms with Crippen molar-refractivity contribution in [1.82, 2.24) is 16.1 Å². The Morgan fingerprint density at radius 3 is 2.88 bits per heavy atom. The number of hydrogen-bond acceptors (Lipinski definition) is 4. The molecule has 0 aliphatic carbocycles. The van der Waals surface area contributed by atoms with Crippen LogP contribution in [0.2, 0.25) is 0 Å². The first-order valence-electron chi connectivity index (χ1n) is 1.99. The van der Waals surface area contributed by atoms with Gasteiger partial charge in [0.1, 0.15) is 0 Å². The summed E-state index contributed by atoms with van der Waals surface area (Å²) < 4.78 is 0. The third-order valence-electron chi connectivity index (χ3n) is 0.651. The van der Waals surface area contributed by atoms with Gasteiger partial charge in [0.15, 0.2) is 0 Å². The summed E-state index contributed by atoms with van der Waals surface area (Å²) in [5, 5.41) is 10.5. The molecule has 0 unspecified atom stereocenters. The standard InChI is InChI=1S/C3H4N3O2/c7-3-1-2-6(8)5-4-3/h1-2,5H,(H,4,7)/q-1. The third-order valence-corrected chi connectivity index (χ3v) is 0.651. The maximum atomic E-state index is 10.2. The Kier molecular flexibility index (Phi) is 1.15. The van der Waals surface area contributed by atoms with Crippen LogP contribution in [0.3, 0.4) is 0 Å². The van der Waals surface area contributed by atoms with E-state index in [0.29, 0.717) is 5.17 Å². The minimum Gasteiger partial charge on any atom is -0.742 e. The molecule has 0 aromatic rings. The number of hydrazine groups is 2. The highest BCUT2D eigenvalue weighted by molar-refractivity contribution is 5.87. The Morgan fingerprint density at radius 1 is 1.75 bits per heavy atom. The molecule has 1 aliphatic heterocycles. The Labute approximate surface area is 45.5 Å². The zero-order valence-electron chi connectivity index (χ0n) is 3.92. The summed E-state index contributed by atoms with van der Waals surface area (Å²) >= 11 is 0. The summed E-state index contributed by atoms with van der Waals surface area (Å²) in [6.45, 7) is 0. The molecule has 0 bridgehead atoms. The van der Waals surface area contributed by atoms with Gasteiger partial charge in [0, 0.05) is 12.3 Å². The Balaban J connectivity index is 2.55. The first-order valence-corrected chi connectivity index (χ1v) is 1.99. The van der Waals surface area contributed by atoms with Crippen molar-refractivity contribution in [3.8, 4) is 0 Å². The maximum Gasteiger partial charge on any atom is 0.260 e. The van der Waals surface area contributed by atoms with E-state index >= 15 is 0 Å². The van der Waals surface area contributed by atoms with Gasteiger partial charge in [-0.3, -0.25) is 10.2 Å². The lowest BCUT2D eigenvalue weighted by Crippen LogP contribution is -2.46. The fraction of sp³-hybridized carbons (Fsp3) is 0. The molecule has 44 valence electrons. The Bertz CT molecular complexity index is 132. The van der Waals surface area contributed by atoms with Gasteiger partial charge in [0.05, 0.1) is 0 Å². The smallest absolute Gasteiger partial charge is 0.260 e. The van der Waals surface area contributed by atoms with Gasteiger partial charge < -0.3 is 10.4 Å². The van der Waals surface area contributed by atoms with Crippen LogP contribution in [-0.4, -0.2) is 11.1 Å². The molecule has 0 atom stereocenters. The lowest BCUT2D eigenvalue weighted by atomic mass is 10.6. The highest BCUT2D eigenvalue weighted by atomic mass is 16.5. The Morgan fingerprint density at radius 2 is 2.50 bits per heavy atom. The van der Waals surface area contributed by atoms with Crippen molar-refractivity contribution in [3.63, 3.8) is 0 Å². The van der Waals surface area contributed by atoms with E-state index in [1.165, 1.54) is 0 Å². The topological polar surface area (TPSA) is 67.4 Å². The van der Waals surface area contributed by atoms with Gasteiger partial charge >= 0.3 is 0 Å². The number of hydroxylamine groups is 1. The summed E-state index contributed by atoms with van der Waals surface area (Å²) in [4.78, 5) is 10.2. The van der Waals surface area contributed by atoms with Crippen molar-refractivity contribution in [2.45, 2.75) is 0 Å². The number of carbonyl (C=O) groups is 1. The van der Waals surface area contributed by atoms with Crippen LogP contribution in [0.5, 0.6) is 0 Å². The van der Waals surface area contributed by atoms with Crippen molar-refractivity contribution in [1.29, 1.82) is 0 Å². The van der Waals surface area contributed by atoms with E-state index < -0.39 is 0 Å². The zero-order valence-corrected chi connectivity index (χ0v) is 3.92. The second-order valence-corrected chi connectivity index (χ2v) is 1.24. The molecule has 2 N–H and O–H groups in total. The largest absolute Gasteiger partial charge is 0.742 e. The van der Waals surface area contributed by atoms with E-state index in [4.69, 9.17) is 0 Å². The lowest BCUT2D eigenvalue weighted by Gasteiger charge is -2.28. The zero-order chi connectivity index (χ0) is 5.98. The third kappa shape index (κ3) is 0.955. The summed E-state index contributed by atoms with van der Waals surface area (Å²) in [6, 6.07) is 0. The highest BCUT2D eigenvalue weighted by Gasteiger charge is 1.96. The first kappa shape index (κ1) is 5.07. The predicted molar refractivity (Wildman–Crippen MR) is 25.6 cm³/mol. The van der Waals surface area contributed by atoms with Crippen molar-refractivity contribution in [2.75, 3.05) is 0 Å². The van der Waals surface area contributed by atoms with Crippen LogP contribution in [0.25, 0.3) is 0 Å². The summed E-state index contributed by atoms with van der Waals surface area (Å²) in [7, 11) is 0. The van der Waals surface area contributed by atoms with E-state index in [0.717, 1.165) is 12.3 Å². The summed E-state index contributed by atoms with van der Waals surface area (Å²) in [5.74, 6) is -0.322. The molecule has 5 nitrogen and oxygen atoms in total. The number of carbonyl (C=O) groups excluding carboxylic acids is 1. The molecule has 0 saturated carbocycles. The maximum absolute atomic E-state index is 10.2. The molecule has 0 aromatic carbocycles. The SMILES string of the molecule is O=C1C=CN([O-])NN1. The molecule has 0 spiro atoms. The van der Waals surface area contributed by atoms with E-state index in [-0.39, 0.29) is 5.91 Å². The van der Waals surface area contributed by atoms with Crippen LogP contribution < -0.4 is 11.0 Å². The van der Waals surface area contributed by atoms with Gasteiger partial charge in [0.25, 0.3) is 5.91 Å². The van der Waals surface area contributed by atoms with Crippen LogP contribution >= 0.6 is 0 Å². The minimum absolute atomic E-state index is 0.322. The molecule has 5 heteroatoms. The van der Waals surface area contributed by atoms with Gasteiger partial charge in [-0.05, 0) is 0 Å². The van der Waals surface area contributed by atoms with Gasteiger partial charge in [-0.15, -0.1) is 0 Å². The van der Waals surface area contributed by atoms with Gasteiger partial charge in [0.2, 0.25) is 0 Å². The van der Waals surface area contributed by atoms with Crippen LogP contribution in [0.1, 0.15) is 0 Å². The van der Waals surface area contributed by atoms with Crippen molar-refractivity contribution in [2.24, 2.45) is 0 Å². The monoisotopic (exact) mass is 114 g/mol. The first-order chi connectivity index (χ1) is 3.79. The van der Waals surface area contributed by atoms with Crippen LogP contribution in [0.4, 0.5) is 0 Å². The minimum atomic E-state index is -0.322. The Hall–Kier alpha value is -1.07. The van der Waals surface area contributed by atoms with Gasteiger partial charge in [-0.1, -0.05) is 0 Å². The summed E-state index contributed by atoms with van der Waals surface area (Å²) in [5.41, 5.74) is 4.09. The fourth-order valence-corrected chi connectivity index (χ4v) is 0.325. The van der Waals surface area contributed by atoms with E-state index in [1.807, 2.05) is 5.53 Å². The highest BCUT2D eigenvalue weighted by Crippen LogP contribution is 1.83. The molecule has 0 aromatic heterocycles. The molecule has 0 saturated heterocycles. The molecule has 1 aliphatic rings. The second-order valence-electron chi connectivity index (χ2n) is 1.24. The van der Waals surface area contributed by atoms with Crippen LogP contribution in [0.15, 0.2) is 12.3 Å². The molecule has 1 amide bonds. The molecule has 8 heavy (non-hydrogen) atoms. The average molecular weight is 114 g/mol. The number of hydrogen-bond donors (Lipinski definition) is 2. The van der Waals surface area contributed by atoms with Crippen molar-refractivity contribution in [3.05, 3.63) is 17.5 Å². The molecule has 1 heterocycles. The normalized spacial score (nSPS) is 18.6. The van der Waals surface area contributed by atoms with E-state index in [1.54, 1.807) is 0 Å². The van der Waals surface area contributed by atoms with E-state index in [9.17, 15) is 10.0 Å². The van der Waals surface area contributed by atoms with Gasteiger partial charge in [-0.25, -0.2) is 0 Å². The average Bonchev–Trinajstić information content (AvgIpc) is 1.77. The number of amides is 1. The number of nitrogens with one attached hydrogen (secondary N) is 2. The molecule has 0 radical (unpaired) electrons. The van der Waals surface area contributed by atoms with Crippen LogP contribution in [-0.2, 0) is 4.79 Å². The van der Waals surface area contributed by atoms with Crippen LogP contribution in [0, 0.1) is 5.21 Å². The van der Waals surface area contributed by atoms with Crippen molar-refractivity contribution < 1.29 is 4.79 Å². The van der Waals surface area contributed by atoms with Crippen molar-refractivity contribution >= 4 is 5.91 Å². The second kappa shape index (κ2) is 1.81. The fourth-order valence-electron chi connectivity index (χ4n) is 0.325. The molecular formula is C3H4N3O2-.